The lowest BCUT2D eigenvalue weighted by Gasteiger charge is -2.32. The summed E-state index contributed by atoms with van der Waals surface area (Å²) in [5, 5.41) is 4.28. The molecular weight excluding hydrogens is 232 g/mol. The van der Waals surface area contributed by atoms with E-state index in [1.807, 2.05) is 24.6 Å². The van der Waals surface area contributed by atoms with Crippen LogP contribution in [-0.4, -0.2) is 58.1 Å². The summed E-state index contributed by atoms with van der Waals surface area (Å²) in [5.74, 6) is -0.0455. The molecule has 0 bridgehead atoms. The first-order chi connectivity index (χ1) is 8.65. The molecule has 6 nitrogen and oxygen atoms in total. The maximum atomic E-state index is 12.2. The highest BCUT2D eigenvalue weighted by molar-refractivity contribution is 5.92. The van der Waals surface area contributed by atoms with E-state index in [9.17, 15) is 9.59 Å². The smallest absolute Gasteiger partial charge is 0.274 e. The third kappa shape index (κ3) is 2.37. The number of carbonyl (C=O) groups is 2. The van der Waals surface area contributed by atoms with Crippen molar-refractivity contribution < 1.29 is 9.59 Å². The lowest BCUT2D eigenvalue weighted by atomic mass is 10.3. The molecule has 6 heteroatoms. The predicted molar refractivity (Wildman–Crippen MR) is 66.2 cm³/mol. The zero-order chi connectivity index (χ0) is 13.1. The van der Waals surface area contributed by atoms with Crippen molar-refractivity contribution >= 4 is 12.3 Å². The number of hydrogen-bond acceptors (Lipinski definition) is 3. The SMILES string of the molecule is CCn1nc(C(=O)N2CCN(C=O)CC2)cc1C. The van der Waals surface area contributed by atoms with Gasteiger partial charge in [0.1, 0.15) is 0 Å². The zero-order valence-electron chi connectivity index (χ0n) is 10.8. The van der Waals surface area contributed by atoms with Gasteiger partial charge in [-0.2, -0.15) is 5.10 Å². The van der Waals surface area contributed by atoms with Crippen molar-refractivity contribution in [1.29, 1.82) is 0 Å². The van der Waals surface area contributed by atoms with Gasteiger partial charge in [0.2, 0.25) is 6.41 Å². The Bertz CT molecular complexity index is 447. The molecule has 0 spiro atoms. The van der Waals surface area contributed by atoms with Crippen LogP contribution in [0.2, 0.25) is 0 Å². The molecule has 0 unspecified atom stereocenters. The first-order valence-corrected chi connectivity index (χ1v) is 6.18. The third-order valence-electron chi connectivity index (χ3n) is 3.25. The van der Waals surface area contributed by atoms with Crippen molar-refractivity contribution in [3.8, 4) is 0 Å². The largest absolute Gasteiger partial charge is 0.342 e. The van der Waals surface area contributed by atoms with E-state index < -0.39 is 0 Å². The standard InChI is InChI=1S/C12H18N4O2/c1-3-16-10(2)8-11(13-16)12(18)15-6-4-14(9-17)5-7-15/h8-9H,3-7H2,1-2H3. The molecule has 0 radical (unpaired) electrons. The maximum Gasteiger partial charge on any atom is 0.274 e. The molecule has 1 aliphatic rings. The van der Waals surface area contributed by atoms with Crippen LogP contribution in [0.15, 0.2) is 6.07 Å². The fourth-order valence-corrected chi connectivity index (χ4v) is 2.13. The van der Waals surface area contributed by atoms with Gasteiger partial charge in [-0.1, -0.05) is 0 Å². The number of aryl methyl sites for hydroxylation is 2. The second-order valence-electron chi connectivity index (χ2n) is 4.42. The van der Waals surface area contributed by atoms with Crippen LogP contribution >= 0.6 is 0 Å². The van der Waals surface area contributed by atoms with Crippen LogP contribution in [0.5, 0.6) is 0 Å². The first kappa shape index (κ1) is 12.6. The van der Waals surface area contributed by atoms with Gasteiger partial charge < -0.3 is 9.80 Å². The molecule has 2 amide bonds. The number of carbonyl (C=O) groups excluding carboxylic acids is 2. The fraction of sp³-hybridized carbons (Fsp3) is 0.583. The summed E-state index contributed by atoms with van der Waals surface area (Å²) in [5.41, 5.74) is 1.49. The van der Waals surface area contributed by atoms with Gasteiger partial charge in [0.05, 0.1) is 0 Å². The molecule has 0 N–H and O–H groups in total. The predicted octanol–water partition coefficient (Wildman–Crippen LogP) is 0.126. The minimum absolute atomic E-state index is 0.0455. The number of piperazine rings is 1. The summed E-state index contributed by atoms with van der Waals surface area (Å²) in [6, 6.07) is 1.82. The summed E-state index contributed by atoms with van der Waals surface area (Å²) < 4.78 is 1.81. The normalized spacial score (nSPS) is 15.9. The van der Waals surface area contributed by atoms with Crippen molar-refractivity contribution in [2.24, 2.45) is 0 Å². The third-order valence-corrected chi connectivity index (χ3v) is 3.25. The van der Waals surface area contributed by atoms with E-state index in [4.69, 9.17) is 0 Å². The fourth-order valence-electron chi connectivity index (χ4n) is 2.13. The van der Waals surface area contributed by atoms with Crippen molar-refractivity contribution in [3.63, 3.8) is 0 Å². The van der Waals surface area contributed by atoms with Gasteiger partial charge in [0.25, 0.3) is 5.91 Å². The van der Waals surface area contributed by atoms with Gasteiger partial charge >= 0.3 is 0 Å². The van der Waals surface area contributed by atoms with Crippen LogP contribution in [0.1, 0.15) is 23.1 Å². The molecule has 0 atom stereocenters. The molecule has 0 aromatic carbocycles. The molecule has 1 fully saturated rings. The van der Waals surface area contributed by atoms with Gasteiger partial charge in [-0.25, -0.2) is 0 Å². The van der Waals surface area contributed by atoms with Crippen molar-refractivity contribution in [3.05, 3.63) is 17.5 Å². The minimum Gasteiger partial charge on any atom is -0.342 e. The summed E-state index contributed by atoms with van der Waals surface area (Å²) in [4.78, 5) is 26.3. The van der Waals surface area contributed by atoms with Crippen LogP contribution in [0, 0.1) is 6.92 Å². The molecular formula is C12H18N4O2. The van der Waals surface area contributed by atoms with Crippen LogP contribution < -0.4 is 0 Å². The zero-order valence-corrected chi connectivity index (χ0v) is 10.8. The van der Waals surface area contributed by atoms with E-state index in [0.29, 0.717) is 31.9 Å². The van der Waals surface area contributed by atoms with Gasteiger partial charge in [-0.05, 0) is 19.9 Å². The molecule has 2 rings (SSSR count). The summed E-state index contributed by atoms with van der Waals surface area (Å²) in [7, 11) is 0. The molecule has 2 heterocycles. The van der Waals surface area contributed by atoms with Gasteiger partial charge in [0, 0.05) is 38.4 Å². The van der Waals surface area contributed by atoms with Gasteiger partial charge in [-0.15, -0.1) is 0 Å². The Morgan fingerprint density at radius 2 is 2.06 bits per heavy atom. The average Bonchev–Trinajstić information content (AvgIpc) is 2.79. The Balaban J connectivity index is 2.05. The van der Waals surface area contributed by atoms with Gasteiger partial charge in [0.15, 0.2) is 5.69 Å². The molecule has 1 aliphatic heterocycles. The Kier molecular flexibility index (Phi) is 3.64. The highest BCUT2D eigenvalue weighted by Gasteiger charge is 2.23. The lowest BCUT2D eigenvalue weighted by molar-refractivity contribution is -0.119. The van der Waals surface area contributed by atoms with Crippen LogP contribution in [-0.2, 0) is 11.3 Å². The van der Waals surface area contributed by atoms with Crippen LogP contribution in [0.25, 0.3) is 0 Å². The molecule has 0 aliphatic carbocycles. The van der Waals surface area contributed by atoms with E-state index in [1.54, 1.807) is 9.80 Å². The minimum atomic E-state index is -0.0455. The van der Waals surface area contributed by atoms with Crippen LogP contribution in [0.3, 0.4) is 0 Å². The van der Waals surface area contributed by atoms with E-state index in [2.05, 4.69) is 5.10 Å². The van der Waals surface area contributed by atoms with Gasteiger partial charge in [-0.3, -0.25) is 14.3 Å². The Labute approximate surface area is 106 Å². The molecule has 98 valence electrons. The highest BCUT2D eigenvalue weighted by atomic mass is 16.2. The molecule has 1 aromatic rings. The Hall–Kier alpha value is -1.85. The number of nitrogens with zero attached hydrogens (tertiary/aromatic N) is 4. The summed E-state index contributed by atoms with van der Waals surface area (Å²) in [6.07, 6.45) is 0.831. The lowest BCUT2D eigenvalue weighted by Crippen LogP contribution is -2.48. The second-order valence-corrected chi connectivity index (χ2v) is 4.42. The van der Waals surface area contributed by atoms with Crippen molar-refractivity contribution in [1.82, 2.24) is 19.6 Å². The molecule has 1 aromatic heterocycles. The molecule has 18 heavy (non-hydrogen) atoms. The van der Waals surface area contributed by atoms with E-state index in [0.717, 1.165) is 18.6 Å². The van der Waals surface area contributed by atoms with E-state index >= 15 is 0 Å². The van der Waals surface area contributed by atoms with Crippen LogP contribution in [0.4, 0.5) is 0 Å². The maximum absolute atomic E-state index is 12.2. The van der Waals surface area contributed by atoms with E-state index in [-0.39, 0.29) is 5.91 Å². The molecule has 0 saturated carbocycles. The Morgan fingerprint density at radius 1 is 1.39 bits per heavy atom. The average molecular weight is 250 g/mol. The van der Waals surface area contributed by atoms with Crippen molar-refractivity contribution in [2.75, 3.05) is 26.2 Å². The number of aromatic nitrogens is 2. The topological polar surface area (TPSA) is 58.4 Å². The first-order valence-electron chi connectivity index (χ1n) is 6.18. The monoisotopic (exact) mass is 250 g/mol. The molecule has 1 saturated heterocycles. The summed E-state index contributed by atoms with van der Waals surface area (Å²) in [6.45, 7) is 7.06. The number of hydrogen-bond donors (Lipinski definition) is 0. The number of rotatable bonds is 3. The summed E-state index contributed by atoms with van der Waals surface area (Å²) >= 11 is 0. The highest BCUT2D eigenvalue weighted by Crippen LogP contribution is 2.09. The quantitative estimate of drug-likeness (QED) is 0.716. The van der Waals surface area contributed by atoms with Crippen molar-refractivity contribution in [2.45, 2.75) is 20.4 Å². The Morgan fingerprint density at radius 3 is 2.56 bits per heavy atom. The number of amides is 2. The van der Waals surface area contributed by atoms with E-state index in [1.165, 1.54) is 0 Å². The second kappa shape index (κ2) is 5.20.